The Labute approximate surface area is 110 Å². The van der Waals surface area contributed by atoms with Gasteiger partial charge in [0.1, 0.15) is 0 Å². The first kappa shape index (κ1) is 14.9. The lowest BCUT2D eigenvalue weighted by atomic mass is 9.89. The van der Waals surface area contributed by atoms with Crippen LogP contribution < -0.4 is 11.1 Å². The van der Waals surface area contributed by atoms with E-state index >= 15 is 0 Å². The molecule has 0 aliphatic carbocycles. The molecule has 0 fully saturated rings. The molecule has 3 N–H and O–H groups in total. The van der Waals surface area contributed by atoms with Crippen molar-refractivity contribution >= 4 is 5.95 Å². The van der Waals surface area contributed by atoms with Crippen LogP contribution in [0.5, 0.6) is 0 Å². The molecular weight excluding hydrogens is 224 g/mol. The number of rotatable bonds is 6. The lowest BCUT2D eigenvalue weighted by Gasteiger charge is -2.24. The topological polar surface area (TPSA) is 63.8 Å². The molecule has 1 rings (SSSR count). The van der Waals surface area contributed by atoms with Crippen molar-refractivity contribution in [3.05, 3.63) is 17.5 Å². The fraction of sp³-hybridized carbons (Fsp3) is 0.714. The molecule has 1 aromatic rings. The predicted octanol–water partition coefficient (Wildman–Crippen LogP) is 2.70. The predicted molar refractivity (Wildman–Crippen MR) is 76.8 cm³/mol. The van der Waals surface area contributed by atoms with Crippen molar-refractivity contribution in [3.63, 3.8) is 0 Å². The third kappa shape index (κ3) is 4.61. The maximum absolute atomic E-state index is 5.61. The van der Waals surface area contributed by atoms with E-state index in [1.54, 1.807) is 0 Å². The second kappa shape index (κ2) is 6.14. The first-order valence-electron chi connectivity index (χ1n) is 6.63. The SMILES string of the molecule is Cc1cc(C(C)C)nc(NCC(C)(C)CCN)n1. The van der Waals surface area contributed by atoms with Crippen LogP contribution in [-0.2, 0) is 0 Å². The van der Waals surface area contributed by atoms with Gasteiger partial charge in [-0.15, -0.1) is 0 Å². The number of aromatic nitrogens is 2. The molecule has 1 heterocycles. The van der Waals surface area contributed by atoms with E-state index in [2.05, 4.69) is 43.0 Å². The second-order valence-corrected chi connectivity index (χ2v) is 5.97. The molecule has 18 heavy (non-hydrogen) atoms. The van der Waals surface area contributed by atoms with Crippen LogP contribution in [-0.4, -0.2) is 23.1 Å². The molecular formula is C14H26N4. The molecule has 102 valence electrons. The van der Waals surface area contributed by atoms with Crippen LogP contribution in [0, 0.1) is 12.3 Å². The molecule has 4 heteroatoms. The summed E-state index contributed by atoms with van der Waals surface area (Å²) in [5.41, 5.74) is 7.87. The average molecular weight is 250 g/mol. The number of nitrogens with zero attached hydrogens (tertiary/aromatic N) is 2. The lowest BCUT2D eigenvalue weighted by molar-refractivity contribution is 0.364. The third-order valence-corrected chi connectivity index (χ3v) is 3.01. The Hall–Kier alpha value is -1.16. The zero-order valence-corrected chi connectivity index (χ0v) is 12.2. The minimum Gasteiger partial charge on any atom is -0.354 e. The van der Waals surface area contributed by atoms with Crippen molar-refractivity contribution < 1.29 is 0 Å². The second-order valence-electron chi connectivity index (χ2n) is 5.97. The fourth-order valence-corrected chi connectivity index (χ4v) is 1.77. The van der Waals surface area contributed by atoms with Crippen LogP contribution >= 0.6 is 0 Å². The van der Waals surface area contributed by atoms with Crippen LogP contribution in [0.15, 0.2) is 6.07 Å². The highest BCUT2D eigenvalue weighted by atomic mass is 15.1. The van der Waals surface area contributed by atoms with Crippen LogP contribution in [0.4, 0.5) is 5.95 Å². The molecule has 4 nitrogen and oxygen atoms in total. The Morgan fingerprint density at radius 2 is 2.00 bits per heavy atom. The fourth-order valence-electron chi connectivity index (χ4n) is 1.77. The van der Waals surface area contributed by atoms with E-state index in [9.17, 15) is 0 Å². The lowest BCUT2D eigenvalue weighted by Crippen LogP contribution is -2.26. The van der Waals surface area contributed by atoms with Gasteiger partial charge in [0.2, 0.25) is 5.95 Å². The van der Waals surface area contributed by atoms with Gasteiger partial charge in [-0.1, -0.05) is 27.7 Å². The zero-order chi connectivity index (χ0) is 13.8. The van der Waals surface area contributed by atoms with Gasteiger partial charge in [-0.05, 0) is 37.3 Å². The summed E-state index contributed by atoms with van der Waals surface area (Å²) in [6.45, 7) is 12.2. The Kier molecular flexibility index (Phi) is 5.08. The summed E-state index contributed by atoms with van der Waals surface area (Å²) >= 11 is 0. The van der Waals surface area contributed by atoms with Gasteiger partial charge in [0.15, 0.2) is 0 Å². The van der Waals surface area contributed by atoms with Crippen LogP contribution in [0.2, 0.25) is 0 Å². The summed E-state index contributed by atoms with van der Waals surface area (Å²) in [6.07, 6.45) is 0.989. The normalized spacial score (nSPS) is 11.9. The maximum atomic E-state index is 5.61. The van der Waals surface area contributed by atoms with Crippen molar-refractivity contribution in [2.45, 2.75) is 47.0 Å². The molecule has 0 saturated heterocycles. The van der Waals surface area contributed by atoms with Gasteiger partial charge in [-0.25, -0.2) is 9.97 Å². The van der Waals surface area contributed by atoms with E-state index in [1.165, 1.54) is 0 Å². The summed E-state index contributed by atoms with van der Waals surface area (Å²) in [6, 6.07) is 2.04. The minimum atomic E-state index is 0.167. The minimum absolute atomic E-state index is 0.167. The largest absolute Gasteiger partial charge is 0.354 e. The monoisotopic (exact) mass is 250 g/mol. The number of anilines is 1. The molecule has 0 spiro atoms. The van der Waals surface area contributed by atoms with Gasteiger partial charge in [0, 0.05) is 17.9 Å². The molecule has 0 aliphatic heterocycles. The summed E-state index contributed by atoms with van der Waals surface area (Å²) < 4.78 is 0. The van der Waals surface area contributed by atoms with Gasteiger partial charge in [0.05, 0.1) is 0 Å². The van der Waals surface area contributed by atoms with Gasteiger partial charge in [0.25, 0.3) is 0 Å². The van der Waals surface area contributed by atoms with Crippen molar-refractivity contribution in [2.24, 2.45) is 11.1 Å². The summed E-state index contributed by atoms with van der Waals surface area (Å²) in [4.78, 5) is 8.97. The average Bonchev–Trinajstić information content (AvgIpc) is 2.26. The molecule has 0 atom stereocenters. The van der Waals surface area contributed by atoms with E-state index in [4.69, 9.17) is 5.73 Å². The van der Waals surface area contributed by atoms with E-state index in [-0.39, 0.29) is 5.41 Å². The maximum Gasteiger partial charge on any atom is 0.223 e. The Morgan fingerprint density at radius 3 is 2.56 bits per heavy atom. The molecule has 0 bridgehead atoms. The van der Waals surface area contributed by atoms with Crippen LogP contribution in [0.3, 0.4) is 0 Å². The van der Waals surface area contributed by atoms with Gasteiger partial charge in [-0.3, -0.25) is 0 Å². The van der Waals surface area contributed by atoms with E-state index in [0.29, 0.717) is 12.5 Å². The van der Waals surface area contributed by atoms with Crippen molar-refractivity contribution in [2.75, 3.05) is 18.4 Å². The Bertz CT molecular complexity index is 385. The molecule has 0 saturated carbocycles. The highest BCUT2D eigenvalue weighted by Crippen LogP contribution is 2.20. The summed E-state index contributed by atoms with van der Waals surface area (Å²) in [5, 5.41) is 3.33. The van der Waals surface area contributed by atoms with Crippen LogP contribution in [0.25, 0.3) is 0 Å². The highest BCUT2D eigenvalue weighted by molar-refractivity contribution is 5.29. The molecule has 0 radical (unpaired) electrons. The Balaban J connectivity index is 2.73. The molecule has 0 amide bonds. The summed E-state index contributed by atoms with van der Waals surface area (Å²) in [7, 11) is 0. The number of nitrogens with one attached hydrogen (secondary N) is 1. The quantitative estimate of drug-likeness (QED) is 0.814. The standard InChI is InChI=1S/C14H26N4/c1-10(2)12-8-11(3)17-13(18-12)16-9-14(4,5)6-7-15/h8,10H,6-7,9,15H2,1-5H3,(H,16,17,18). The third-order valence-electron chi connectivity index (χ3n) is 3.01. The highest BCUT2D eigenvalue weighted by Gasteiger charge is 2.17. The first-order chi connectivity index (χ1) is 8.34. The smallest absolute Gasteiger partial charge is 0.223 e. The first-order valence-corrected chi connectivity index (χ1v) is 6.63. The van der Waals surface area contributed by atoms with Gasteiger partial charge >= 0.3 is 0 Å². The molecule has 1 aromatic heterocycles. The number of nitrogens with two attached hydrogens (primary N) is 1. The summed E-state index contributed by atoms with van der Waals surface area (Å²) in [5.74, 6) is 1.15. The molecule has 0 unspecified atom stereocenters. The Morgan fingerprint density at radius 1 is 1.33 bits per heavy atom. The van der Waals surface area contributed by atoms with Gasteiger partial charge < -0.3 is 11.1 Å². The number of hydrogen-bond acceptors (Lipinski definition) is 4. The zero-order valence-electron chi connectivity index (χ0n) is 12.2. The van der Waals surface area contributed by atoms with Crippen LogP contribution in [0.1, 0.15) is 51.4 Å². The molecule has 0 aliphatic rings. The van der Waals surface area contributed by atoms with Crippen molar-refractivity contribution in [1.82, 2.24) is 9.97 Å². The van der Waals surface area contributed by atoms with Gasteiger partial charge in [-0.2, -0.15) is 0 Å². The number of hydrogen-bond donors (Lipinski definition) is 2. The number of aryl methyl sites for hydroxylation is 1. The van der Waals surface area contributed by atoms with E-state index in [0.717, 1.165) is 30.3 Å². The van der Waals surface area contributed by atoms with Crippen molar-refractivity contribution in [3.8, 4) is 0 Å². The van der Waals surface area contributed by atoms with Crippen molar-refractivity contribution in [1.29, 1.82) is 0 Å². The van der Waals surface area contributed by atoms with E-state index < -0.39 is 0 Å². The molecule has 0 aromatic carbocycles. The van der Waals surface area contributed by atoms with E-state index in [1.807, 2.05) is 13.0 Å².